The van der Waals surface area contributed by atoms with Crippen molar-refractivity contribution in [3.63, 3.8) is 0 Å². The van der Waals surface area contributed by atoms with Crippen molar-refractivity contribution in [2.24, 2.45) is 0 Å². The number of ether oxygens (including phenoxy) is 1. The number of H-pyrrole nitrogens is 1. The molecule has 6 nitrogen and oxygen atoms in total. The highest BCUT2D eigenvalue weighted by Crippen LogP contribution is 2.24. The molecule has 0 saturated heterocycles. The van der Waals surface area contributed by atoms with E-state index >= 15 is 0 Å². The highest BCUT2D eigenvalue weighted by atomic mass is 19.1. The van der Waals surface area contributed by atoms with E-state index in [0.29, 0.717) is 11.5 Å². The molecule has 0 atom stereocenters. The Morgan fingerprint density at radius 2 is 2.04 bits per heavy atom. The van der Waals surface area contributed by atoms with Crippen LogP contribution in [0.25, 0.3) is 11.4 Å². The number of aromatic nitrogens is 3. The molecule has 2 aromatic carbocycles. The van der Waals surface area contributed by atoms with Gasteiger partial charge in [0.1, 0.15) is 6.33 Å². The van der Waals surface area contributed by atoms with Gasteiger partial charge in [-0.3, -0.25) is 9.89 Å². The predicted molar refractivity (Wildman–Crippen MR) is 87.3 cm³/mol. The number of hydrogen-bond donors (Lipinski definition) is 2. The van der Waals surface area contributed by atoms with Crippen molar-refractivity contribution in [1.82, 2.24) is 15.2 Å². The van der Waals surface area contributed by atoms with Crippen LogP contribution >= 0.6 is 0 Å². The van der Waals surface area contributed by atoms with Crippen LogP contribution < -0.4 is 10.1 Å². The van der Waals surface area contributed by atoms with Crippen molar-refractivity contribution >= 4 is 11.6 Å². The Labute approximate surface area is 137 Å². The summed E-state index contributed by atoms with van der Waals surface area (Å²) in [5, 5.41) is 9.27. The van der Waals surface area contributed by atoms with Crippen LogP contribution in [-0.2, 0) is 0 Å². The maximum absolute atomic E-state index is 13.8. The number of nitrogens with zero attached hydrogens (tertiary/aromatic N) is 2. The first-order valence-corrected chi connectivity index (χ1v) is 7.37. The van der Waals surface area contributed by atoms with Gasteiger partial charge >= 0.3 is 0 Å². The summed E-state index contributed by atoms with van der Waals surface area (Å²) < 4.78 is 19.1. The quantitative estimate of drug-likeness (QED) is 0.754. The number of amides is 1. The summed E-state index contributed by atoms with van der Waals surface area (Å²) in [6, 6.07) is 11.3. The Hall–Kier alpha value is -3.22. The van der Waals surface area contributed by atoms with Gasteiger partial charge in [-0.1, -0.05) is 6.07 Å². The van der Waals surface area contributed by atoms with Crippen LogP contribution in [0.2, 0.25) is 0 Å². The Morgan fingerprint density at radius 1 is 1.25 bits per heavy atom. The molecule has 3 rings (SSSR count). The van der Waals surface area contributed by atoms with Gasteiger partial charge in [-0.25, -0.2) is 9.37 Å². The average Bonchev–Trinajstić information content (AvgIpc) is 3.12. The van der Waals surface area contributed by atoms with Crippen molar-refractivity contribution in [3.05, 3.63) is 60.2 Å². The standard InChI is InChI=1S/C17H15FN4O2/c1-2-24-15-13(4-3-5-14(15)18)17(23)21-12-8-6-11(7-9-12)16-19-10-20-22-16/h3-10H,2H2,1H3,(H,21,23)(H,19,20,22). The summed E-state index contributed by atoms with van der Waals surface area (Å²) in [5.41, 5.74) is 1.57. The molecule has 122 valence electrons. The summed E-state index contributed by atoms with van der Waals surface area (Å²) in [7, 11) is 0. The molecule has 1 amide bonds. The first-order chi connectivity index (χ1) is 11.7. The van der Waals surface area contributed by atoms with Crippen LogP contribution in [0.1, 0.15) is 17.3 Å². The SMILES string of the molecule is CCOc1c(F)cccc1C(=O)Nc1ccc(-c2ncn[nH]2)cc1. The molecule has 0 aliphatic heterocycles. The molecule has 0 fully saturated rings. The molecule has 0 aliphatic rings. The van der Waals surface area contributed by atoms with Crippen LogP contribution in [0.15, 0.2) is 48.8 Å². The van der Waals surface area contributed by atoms with Gasteiger partial charge in [0, 0.05) is 11.3 Å². The van der Waals surface area contributed by atoms with Crippen molar-refractivity contribution in [2.75, 3.05) is 11.9 Å². The molecular weight excluding hydrogens is 311 g/mol. The van der Waals surface area contributed by atoms with Gasteiger partial charge in [-0.05, 0) is 43.3 Å². The first-order valence-electron chi connectivity index (χ1n) is 7.37. The maximum Gasteiger partial charge on any atom is 0.259 e. The van der Waals surface area contributed by atoms with Gasteiger partial charge in [0.15, 0.2) is 17.4 Å². The van der Waals surface area contributed by atoms with E-state index in [1.54, 1.807) is 31.2 Å². The number of carbonyl (C=O) groups excluding carboxylic acids is 1. The number of hydrogen-bond acceptors (Lipinski definition) is 4. The number of aromatic amines is 1. The Morgan fingerprint density at radius 3 is 2.71 bits per heavy atom. The molecule has 0 aliphatic carbocycles. The molecule has 0 radical (unpaired) electrons. The smallest absolute Gasteiger partial charge is 0.259 e. The van der Waals surface area contributed by atoms with E-state index in [0.717, 1.165) is 5.56 Å². The summed E-state index contributed by atoms with van der Waals surface area (Å²) in [5.74, 6) is -0.414. The number of halogens is 1. The predicted octanol–water partition coefficient (Wildman–Crippen LogP) is 3.26. The molecule has 0 unspecified atom stereocenters. The van der Waals surface area contributed by atoms with Crippen LogP contribution in [0.4, 0.5) is 10.1 Å². The highest BCUT2D eigenvalue weighted by Gasteiger charge is 2.16. The lowest BCUT2D eigenvalue weighted by molar-refractivity contribution is 0.102. The third-order valence-corrected chi connectivity index (χ3v) is 3.33. The second-order valence-corrected chi connectivity index (χ2v) is 4.92. The minimum absolute atomic E-state index is 0.0456. The maximum atomic E-state index is 13.8. The number of nitrogens with one attached hydrogen (secondary N) is 2. The molecule has 1 aromatic heterocycles. The molecule has 0 spiro atoms. The number of rotatable bonds is 5. The fourth-order valence-corrected chi connectivity index (χ4v) is 2.23. The average molecular weight is 326 g/mol. The summed E-state index contributed by atoms with van der Waals surface area (Å²) in [6.07, 6.45) is 1.42. The van der Waals surface area contributed by atoms with E-state index in [1.165, 1.54) is 24.5 Å². The van der Waals surface area contributed by atoms with E-state index < -0.39 is 11.7 Å². The van der Waals surface area contributed by atoms with Crippen LogP contribution in [0.5, 0.6) is 5.75 Å². The Balaban J connectivity index is 1.79. The van der Waals surface area contributed by atoms with E-state index in [9.17, 15) is 9.18 Å². The normalized spacial score (nSPS) is 10.4. The topological polar surface area (TPSA) is 79.9 Å². The highest BCUT2D eigenvalue weighted by molar-refractivity contribution is 6.06. The second kappa shape index (κ2) is 6.91. The third-order valence-electron chi connectivity index (χ3n) is 3.33. The minimum atomic E-state index is -0.565. The Kier molecular flexibility index (Phi) is 4.51. The van der Waals surface area contributed by atoms with Gasteiger partial charge < -0.3 is 10.1 Å². The minimum Gasteiger partial charge on any atom is -0.490 e. The fourth-order valence-electron chi connectivity index (χ4n) is 2.23. The second-order valence-electron chi connectivity index (χ2n) is 4.92. The van der Waals surface area contributed by atoms with Crippen molar-refractivity contribution in [2.45, 2.75) is 6.92 Å². The molecule has 1 heterocycles. The van der Waals surface area contributed by atoms with E-state index in [4.69, 9.17) is 4.74 Å². The zero-order valence-electron chi connectivity index (χ0n) is 12.9. The zero-order valence-corrected chi connectivity index (χ0v) is 12.9. The van der Waals surface area contributed by atoms with Gasteiger partial charge in [-0.15, -0.1) is 0 Å². The van der Waals surface area contributed by atoms with Crippen molar-refractivity contribution < 1.29 is 13.9 Å². The number of carbonyl (C=O) groups is 1. The molecule has 2 N–H and O–H groups in total. The van der Waals surface area contributed by atoms with Crippen molar-refractivity contribution in [3.8, 4) is 17.1 Å². The van der Waals surface area contributed by atoms with Crippen LogP contribution in [0, 0.1) is 5.82 Å². The number of benzene rings is 2. The molecule has 7 heteroatoms. The number of anilines is 1. The lowest BCUT2D eigenvalue weighted by Crippen LogP contribution is -2.14. The zero-order chi connectivity index (χ0) is 16.9. The third kappa shape index (κ3) is 3.24. The Bertz CT molecular complexity index is 832. The summed E-state index contributed by atoms with van der Waals surface area (Å²) in [4.78, 5) is 16.4. The van der Waals surface area contributed by atoms with Gasteiger partial charge in [-0.2, -0.15) is 5.10 Å². The molecule has 0 saturated carbocycles. The lowest BCUT2D eigenvalue weighted by Gasteiger charge is -2.11. The van der Waals surface area contributed by atoms with Gasteiger partial charge in [0.05, 0.1) is 12.2 Å². The first kappa shape index (κ1) is 15.7. The monoisotopic (exact) mass is 326 g/mol. The van der Waals surface area contributed by atoms with Crippen LogP contribution in [0.3, 0.4) is 0 Å². The van der Waals surface area contributed by atoms with Gasteiger partial charge in [0.2, 0.25) is 0 Å². The van der Waals surface area contributed by atoms with E-state index in [-0.39, 0.29) is 17.9 Å². The van der Waals surface area contributed by atoms with E-state index in [1.807, 2.05) is 0 Å². The van der Waals surface area contributed by atoms with Gasteiger partial charge in [0.25, 0.3) is 5.91 Å². The molecule has 0 bridgehead atoms. The molecule has 24 heavy (non-hydrogen) atoms. The van der Waals surface area contributed by atoms with Crippen LogP contribution in [-0.4, -0.2) is 27.7 Å². The summed E-state index contributed by atoms with van der Waals surface area (Å²) in [6.45, 7) is 2.00. The lowest BCUT2D eigenvalue weighted by atomic mass is 10.1. The largest absolute Gasteiger partial charge is 0.490 e. The molecular formula is C17H15FN4O2. The summed E-state index contributed by atoms with van der Waals surface area (Å²) >= 11 is 0. The fraction of sp³-hybridized carbons (Fsp3) is 0.118. The molecule has 3 aromatic rings. The number of para-hydroxylation sites is 1. The van der Waals surface area contributed by atoms with E-state index in [2.05, 4.69) is 20.5 Å². The van der Waals surface area contributed by atoms with Crippen molar-refractivity contribution in [1.29, 1.82) is 0 Å².